The Kier molecular flexibility index (Phi) is 8.28. The van der Waals surface area contributed by atoms with Crippen LogP contribution in [-0.4, -0.2) is 117 Å². The van der Waals surface area contributed by atoms with Crippen molar-refractivity contribution in [3.05, 3.63) is 0 Å². The Balaban J connectivity index is 2.14. The molecule has 6 N–H and O–H groups in total. The van der Waals surface area contributed by atoms with E-state index in [-0.39, 0.29) is 0 Å². The van der Waals surface area contributed by atoms with Crippen molar-refractivity contribution in [3.8, 4) is 0 Å². The Hall–Kier alpha value is -1.42. The summed E-state index contributed by atoms with van der Waals surface area (Å²) >= 11 is 0. The van der Waals surface area contributed by atoms with E-state index in [0.29, 0.717) is 0 Å². The SMILES string of the molecule is CC(=O)OCC1O[C@@H](O[C@@H]2C(COC(C)=O)OC(O)C(O)[C@H]2O)C(O)[C@@H](O)[C@@H]1O. The third kappa shape index (κ3) is 5.81. The molecule has 0 aromatic heterocycles. The lowest BCUT2D eigenvalue weighted by Gasteiger charge is -2.45. The average Bonchev–Trinajstić information content (AvgIpc) is 2.65. The first-order valence-electron chi connectivity index (χ1n) is 8.84. The Morgan fingerprint density at radius 2 is 1.28 bits per heavy atom. The van der Waals surface area contributed by atoms with Gasteiger partial charge in [-0.2, -0.15) is 0 Å². The van der Waals surface area contributed by atoms with Crippen LogP contribution >= 0.6 is 0 Å². The van der Waals surface area contributed by atoms with E-state index in [9.17, 15) is 40.2 Å². The Labute approximate surface area is 165 Å². The van der Waals surface area contributed by atoms with Crippen LogP contribution in [0.3, 0.4) is 0 Å². The maximum Gasteiger partial charge on any atom is 0.302 e. The smallest absolute Gasteiger partial charge is 0.302 e. The summed E-state index contributed by atoms with van der Waals surface area (Å²) in [5, 5.41) is 59.9. The van der Waals surface area contributed by atoms with Gasteiger partial charge in [0.25, 0.3) is 0 Å². The molecule has 2 rings (SSSR count). The second-order valence-corrected chi connectivity index (χ2v) is 6.77. The van der Waals surface area contributed by atoms with Gasteiger partial charge in [0, 0.05) is 13.8 Å². The third-order valence-corrected chi connectivity index (χ3v) is 4.52. The molecule has 0 aromatic rings. The number of ether oxygens (including phenoxy) is 5. The molecule has 10 atom stereocenters. The minimum absolute atomic E-state index is 0.456. The highest BCUT2D eigenvalue weighted by Crippen LogP contribution is 2.29. The quantitative estimate of drug-likeness (QED) is 0.223. The number of aliphatic hydroxyl groups is 6. The number of esters is 2. The first kappa shape index (κ1) is 23.9. The monoisotopic (exact) mass is 426 g/mol. The molecule has 168 valence electrons. The lowest BCUT2D eigenvalue weighted by Crippen LogP contribution is -2.64. The zero-order chi connectivity index (χ0) is 21.9. The van der Waals surface area contributed by atoms with Crippen molar-refractivity contribution in [2.45, 2.75) is 75.3 Å². The number of hydrogen-bond acceptors (Lipinski definition) is 13. The standard InChI is InChI=1S/C16H26O13/c1-5(17)25-3-7-9(19)10(20)13(23)16(28-7)29-14-8(4-26-6(2)18)27-15(24)12(22)11(14)21/h7-16,19-24H,3-4H2,1-2H3/t7?,8?,9-,10+,11-,12?,13?,14-,15?,16+/m1/s1. The maximum absolute atomic E-state index is 11.1. The second-order valence-electron chi connectivity index (χ2n) is 6.77. The molecule has 2 aliphatic rings. The van der Waals surface area contributed by atoms with Crippen molar-refractivity contribution in [1.82, 2.24) is 0 Å². The van der Waals surface area contributed by atoms with Crippen LogP contribution < -0.4 is 0 Å². The molecule has 13 nitrogen and oxygen atoms in total. The summed E-state index contributed by atoms with van der Waals surface area (Å²) in [5.41, 5.74) is 0. The first-order valence-corrected chi connectivity index (χ1v) is 8.84. The molecule has 13 heteroatoms. The van der Waals surface area contributed by atoms with Gasteiger partial charge in [-0.1, -0.05) is 0 Å². The highest BCUT2D eigenvalue weighted by molar-refractivity contribution is 5.66. The molecule has 0 bridgehead atoms. The van der Waals surface area contributed by atoms with E-state index in [1.54, 1.807) is 0 Å². The Morgan fingerprint density at radius 1 is 0.724 bits per heavy atom. The van der Waals surface area contributed by atoms with Crippen LogP contribution in [0.15, 0.2) is 0 Å². The number of carbonyl (C=O) groups excluding carboxylic acids is 2. The topological polar surface area (TPSA) is 202 Å². The zero-order valence-corrected chi connectivity index (χ0v) is 15.7. The molecule has 5 unspecified atom stereocenters. The van der Waals surface area contributed by atoms with Gasteiger partial charge in [-0.25, -0.2) is 0 Å². The van der Waals surface area contributed by atoms with Gasteiger partial charge in [0.1, 0.15) is 62.0 Å². The van der Waals surface area contributed by atoms with Crippen LogP contribution in [0.25, 0.3) is 0 Å². The highest BCUT2D eigenvalue weighted by Gasteiger charge is 2.50. The van der Waals surface area contributed by atoms with Gasteiger partial charge in [0.05, 0.1) is 0 Å². The normalized spacial score (nSPS) is 42.9. The lowest BCUT2D eigenvalue weighted by molar-refractivity contribution is -0.355. The molecule has 2 heterocycles. The molecule has 0 aromatic carbocycles. The number of carbonyl (C=O) groups is 2. The Morgan fingerprint density at radius 3 is 1.83 bits per heavy atom. The van der Waals surface area contributed by atoms with Crippen molar-refractivity contribution < 1.29 is 63.9 Å². The summed E-state index contributed by atoms with van der Waals surface area (Å²) < 4.78 is 25.4. The van der Waals surface area contributed by atoms with Crippen LogP contribution in [0.1, 0.15) is 13.8 Å². The molecular formula is C16H26O13. The van der Waals surface area contributed by atoms with E-state index in [1.165, 1.54) is 0 Å². The van der Waals surface area contributed by atoms with E-state index in [4.69, 9.17) is 23.7 Å². The van der Waals surface area contributed by atoms with Crippen molar-refractivity contribution in [3.63, 3.8) is 0 Å². The predicted molar refractivity (Wildman–Crippen MR) is 87.7 cm³/mol. The summed E-state index contributed by atoms with van der Waals surface area (Å²) in [6.07, 6.45) is -16.1. The van der Waals surface area contributed by atoms with E-state index >= 15 is 0 Å². The van der Waals surface area contributed by atoms with Crippen molar-refractivity contribution >= 4 is 11.9 Å². The van der Waals surface area contributed by atoms with E-state index in [0.717, 1.165) is 13.8 Å². The largest absolute Gasteiger partial charge is 0.463 e. The fourth-order valence-electron chi connectivity index (χ4n) is 2.94. The van der Waals surface area contributed by atoms with Gasteiger partial charge >= 0.3 is 11.9 Å². The number of aliphatic hydroxyl groups excluding tert-OH is 6. The van der Waals surface area contributed by atoms with E-state index in [2.05, 4.69) is 0 Å². The summed E-state index contributed by atoms with van der Waals surface area (Å²) in [6.45, 7) is 1.32. The second kappa shape index (κ2) is 10.1. The van der Waals surface area contributed by atoms with E-state index in [1.807, 2.05) is 0 Å². The Bertz CT molecular complexity index is 571. The number of rotatable bonds is 6. The summed E-state index contributed by atoms with van der Waals surface area (Å²) in [6, 6.07) is 0. The third-order valence-electron chi connectivity index (χ3n) is 4.52. The predicted octanol–water partition coefficient (Wildman–Crippen LogP) is -4.26. The minimum atomic E-state index is -1.80. The van der Waals surface area contributed by atoms with E-state index < -0.39 is 86.6 Å². The van der Waals surface area contributed by atoms with Gasteiger partial charge < -0.3 is 54.3 Å². The minimum Gasteiger partial charge on any atom is -0.463 e. The van der Waals surface area contributed by atoms with Crippen molar-refractivity contribution in [2.75, 3.05) is 13.2 Å². The van der Waals surface area contributed by atoms with Gasteiger partial charge in [0.2, 0.25) is 0 Å². The molecule has 0 aliphatic carbocycles. The number of hydrogen-bond donors (Lipinski definition) is 6. The molecule has 0 spiro atoms. The molecule has 2 fully saturated rings. The van der Waals surface area contributed by atoms with Crippen molar-refractivity contribution in [1.29, 1.82) is 0 Å². The van der Waals surface area contributed by atoms with Crippen molar-refractivity contribution in [2.24, 2.45) is 0 Å². The van der Waals surface area contributed by atoms with Crippen LogP contribution in [0.5, 0.6) is 0 Å². The average molecular weight is 426 g/mol. The van der Waals surface area contributed by atoms with Crippen LogP contribution in [0.4, 0.5) is 0 Å². The van der Waals surface area contributed by atoms with Crippen LogP contribution in [0, 0.1) is 0 Å². The van der Waals surface area contributed by atoms with Gasteiger partial charge in [-0.05, 0) is 0 Å². The summed E-state index contributed by atoms with van der Waals surface area (Å²) in [4.78, 5) is 22.0. The molecule has 0 radical (unpaired) electrons. The molecule has 0 amide bonds. The maximum atomic E-state index is 11.1. The fraction of sp³-hybridized carbons (Fsp3) is 0.875. The lowest BCUT2D eigenvalue weighted by atomic mass is 9.97. The molecule has 2 saturated heterocycles. The summed E-state index contributed by atoms with van der Waals surface area (Å²) in [5.74, 6) is -1.36. The highest BCUT2D eigenvalue weighted by atomic mass is 16.7. The van der Waals surface area contributed by atoms with Gasteiger partial charge in [-0.15, -0.1) is 0 Å². The summed E-state index contributed by atoms with van der Waals surface area (Å²) in [7, 11) is 0. The first-order chi connectivity index (χ1) is 13.5. The fourth-order valence-corrected chi connectivity index (χ4v) is 2.94. The zero-order valence-electron chi connectivity index (χ0n) is 15.7. The molecule has 0 saturated carbocycles. The van der Waals surface area contributed by atoms with Crippen LogP contribution in [-0.2, 0) is 33.3 Å². The van der Waals surface area contributed by atoms with Crippen LogP contribution in [0.2, 0.25) is 0 Å². The molecule has 2 aliphatic heterocycles. The van der Waals surface area contributed by atoms with Gasteiger partial charge in [0.15, 0.2) is 12.6 Å². The molecular weight excluding hydrogens is 400 g/mol. The molecule has 29 heavy (non-hydrogen) atoms. The van der Waals surface area contributed by atoms with Gasteiger partial charge in [-0.3, -0.25) is 9.59 Å².